The third-order valence-electron chi connectivity index (χ3n) is 2.44. The molecule has 0 aliphatic heterocycles. The van der Waals surface area contributed by atoms with Crippen LogP contribution < -0.4 is 4.74 Å². The Morgan fingerprint density at radius 3 is 2.69 bits per heavy atom. The van der Waals surface area contributed by atoms with Gasteiger partial charge in [-0.1, -0.05) is 54.2 Å². The number of ether oxygens (including phenoxy) is 1. The van der Waals surface area contributed by atoms with Crippen LogP contribution in [0.5, 0.6) is 5.75 Å². The summed E-state index contributed by atoms with van der Waals surface area (Å²) in [4.78, 5) is 0. The molecule has 0 amide bonds. The van der Waals surface area contributed by atoms with Crippen molar-refractivity contribution in [3.05, 3.63) is 28.2 Å². The molecular weight excluding hydrogens is 332 g/mol. The zero-order valence-electron chi connectivity index (χ0n) is 9.64. The maximum absolute atomic E-state index is 5.83. The van der Waals surface area contributed by atoms with Gasteiger partial charge in [0.15, 0.2) is 0 Å². The van der Waals surface area contributed by atoms with Crippen molar-refractivity contribution in [1.82, 2.24) is 0 Å². The molecule has 0 N–H and O–H groups in total. The molecule has 0 aliphatic carbocycles. The van der Waals surface area contributed by atoms with Crippen molar-refractivity contribution in [2.45, 2.75) is 37.9 Å². The van der Waals surface area contributed by atoms with E-state index in [1.165, 1.54) is 24.8 Å². The van der Waals surface area contributed by atoms with Crippen molar-refractivity contribution in [2.75, 3.05) is 6.61 Å². The molecule has 0 atom stereocenters. The van der Waals surface area contributed by atoms with E-state index in [1.54, 1.807) is 0 Å². The van der Waals surface area contributed by atoms with Crippen molar-refractivity contribution in [1.29, 1.82) is 0 Å². The normalized spacial score (nSPS) is 10.4. The van der Waals surface area contributed by atoms with E-state index >= 15 is 0 Å². The molecule has 0 heterocycles. The molecule has 0 unspecified atom stereocenters. The summed E-state index contributed by atoms with van der Waals surface area (Å²) in [5.74, 6) is 0.982. The highest BCUT2D eigenvalue weighted by atomic mass is 79.9. The van der Waals surface area contributed by atoms with Gasteiger partial charge in [-0.25, -0.2) is 0 Å². The fourth-order valence-corrected chi connectivity index (χ4v) is 2.49. The first kappa shape index (κ1) is 14.0. The summed E-state index contributed by atoms with van der Waals surface area (Å²) >= 11 is 7.00. The van der Waals surface area contributed by atoms with E-state index in [9.17, 15) is 0 Å². The van der Waals surface area contributed by atoms with Crippen molar-refractivity contribution >= 4 is 31.9 Å². The Morgan fingerprint density at radius 2 is 2.00 bits per heavy atom. The highest BCUT2D eigenvalue weighted by molar-refractivity contribution is 9.10. The maximum Gasteiger partial charge on any atom is 0.137 e. The summed E-state index contributed by atoms with van der Waals surface area (Å²) < 4.78 is 6.87. The monoisotopic (exact) mass is 348 g/mol. The fraction of sp³-hybridized carbons (Fsp3) is 0.538. The SMILES string of the molecule is CCCCCCOc1c(Br)cccc1CBr. The second-order valence-corrected chi connectivity index (χ2v) is 5.19. The highest BCUT2D eigenvalue weighted by Crippen LogP contribution is 2.30. The van der Waals surface area contributed by atoms with Crippen LogP contribution in [0, 0.1) is 0 Å². The maximum atomic E-state index is 5.83. The number of alkyl halides is 1. The number of halogens is 2. The van der Waals surface area contributed by atoms with Crippen LogP contribution in [-0.4, -0.2) is 6.61 Å². The molecule has 16 heavy (non-hydrogen) atoms. The van der Waals surface area contributed by atoms with Crippen LogP contribution in [0.15, 0.2) is 22.7 Å². The van der Waals surface area contributed by atoms with Crippen molar-refractivity contribution < 1.29 is 4.74 Å². The van der Waals surface area contributed by atoms with E-state index in [4.69, 9.17) is 4.74 Å². The molecule has 0 aromatic heterocycles. The summed E-state index contributed by atoms with van der Waals surface area (Å²) in [6.07, 6.45) is 4.95. The van der Waals surface area contributed by atoms with Crippen LogP contribution in [0.4, 0.5) is 0 Å². The molecule has 0 fully saturated rings. The second kappa shape index (κ2) is 8.13. The topological polar surface area (TPSA) is 9.23 Å². The number of hydrogen-bond acceptors (Lipinski definition) is 1. The van der Waals surface area contributed by atoms with Gasteiger partial charge in [-0.15, -0.1) is 0 Å². The molecule has 90 valence electrons. The third kappa shape index (κ3) is 4.46. The van der Waals surface area contributed by atoms with Gasteiger partial charge in [0, 0.05) is 10.9 Å². The minimum atomic E-state index is 0.808. The van der Waals surface area contributed by atoms with Crippen LogP contribution in [-0.2, 0) is 5.33 Å². The summed E-state index contributed by atoms with van der Waals surface area (Å²) in [6.45, 7) is 3.03. The number of hydrogen-bond donors (Lipinski definition) is 0. The Kier molecular flexibility index (Phi) is 7.13. The molecule has 0 saturated carbocycles. The van der Waals surface area contributed by atoms with Gasteiger partial charge in [0.2, 0.25) is 0 Å². The van der Waals surface area contributed by atoms with Crippen LogP contribution in [0.1, 0.15) is 38.2 Å². The van der Waals surface area contributed by atoms with Crippen molar-refractivity contribution in [2.24, 2.45) is 0 Å². The Morgan fingerprint density at radius 1 is 1.19 bits per heavy atom. The van der Waals surface area contributed by atoms with Gasteiger partial charge >= 0.3 is 0 Å². The average Bonchev–Trinajstić information content (AvgIpc) is 2.30. The van der Waals surface area contributed by atoms with E-state index in [1.807, 2.05) is 12.1 Å². The van der Waals surface area contributed by atoms with Crippen LogP contribution in [0.3, 0.4) is 0 Å². The Balaban J connectivity index is 2.46. The van der Waals surface area contributed by atoms with E-state index in [0.717, 1.165) is 28.6 Å². The average molecular weight is 350 g/mol. The summed E-state index contributed by atoms with van der Waals surface area (Å²) in [5.41, 5.74) is 1.20. The number of rotatable bonds is 7. The first-order valence-corrected chi connectivity index (χ1v) is 7.67. The molecule has 0 radical (unpaired) electrons. The predicted octanol–water partition coefficient (Wildman–Crippen LogP) is 5.30. The number of benzene rings is 1. The Hall–Kier alpha value is -0.0200. The standard InChI is InChI=1S/C13H18Br2O/c1-2-3-4-5-9-16-13-11(10-14)7-6-8-12(13)15/h6-8H,2-5,9-10H2,1H3. The van der Waals surface area contributed by atoms with E-state index < -0.39 is 0 Å². The zero-order valence-corrected chi connectivity index (χ0v) is 12.8. The Labute approximate surface area is 115 Å². The highest BCUT2D eigenvalue weighted by Gasteiger charge is 2.06. The molecule has 1 aromatic rings. The van der Waals surface area contributed by atoms with Gasteiger partial charge < -0.3 is 4.74 Å². The molecular formula is C13H18Br2O. The van der Waals surface area contributed by atoms with Crippen molar-refractivity contribution in [3.63, 3.8) is 0 Å². The first-order valence-electron chi connectivity index (χ1n) is 5.75. The molecule has 0 spiro atoms. The first-order chi connectivity index (χ1) is 7.79. The van der Waals surface area contributed by atoms with Gasteiger partial charge in [0.05, 0.1) is 11.1 Å². The zero-order chi connectivity index (χ0) is 11.8. The third-order valence-corrected chi connectivity index (χ3v) is 3.67. The molecule has 0 aliphatic rings. The van der Waals surface area contributed by atoms with Gasteiger partial charge in [-0.05, 0) is 28.4 Å². The summed E-state index contributed by atoms with van der Waals surface area (Å²) in [5, 5.41) is 0.830. The van der Waals surface area contributed by atoms with Gasteiger partial charge in [0.25, 0.3) is 0 Å². The summed E-state index contributed by atoms with van der Waals surface area (Å²) in [7, 11) is 0. The number of para-hydroxylation sites is 1. The lowest BCUT2D eigenvalue weighted by molar-refractivity contribution is 0.301. The van der Waals surface area contributed by atoms with Gasteiger partial charge in [-0.2, -0.15) is 0 Å². The molecule has 0 bridgehead atoms. The van der Waals surface area contributed by atoms with E-state index in [0.29, 0.717) is 0 Å². The van der Waals surface area contributed by atoms with Crippen LogP contribution in [0.2, 0.25) is 0 Å². The molecule has 1 aromatic carbocycles. The second-order valence-electron chi connectivity index (χ2n) is 3.77. The molecule has 1 nitrogen and oxygen atoms in total. The Bertz CT molecular complexity index is 313. The lowest BCUT2D eigenvalue weighted by Gasteiger charge is -2.11. The lowest BCUT2D eigenvalue weighted by Crippen LogP contribution is -2.00. The molecule has 0 saturated heterocycles. The van der Waals surface area contributed by atoms with Crippen LogP contribution in [0.25, 0.3) is 0 Å². The number of unbranched alkanes of at least 4 members (excludes halogenated alkanes) is 3. The van der Waals surface area contributed by atoms with Gasteiger partial charge in [-0.3, -0.25) is 0 Å². The van der Waals surface area contributed by atoms with Crippen molar-refractivity contribution in [3.8, 4) is 5.75 Å². The largest absolute Gasteiger partial charge is 0.492 e. The van der Waals surface area contributed by atoms with Crippen LogP contribution >= 0.6 is 31.9 Å². The molecule has 1 rings (SSSR count). The van der Waals surface area contributed by atoms with Gasteiger partial charge in [0.1, 0.15) is 5.75 Å². The molecule has 3 heteroatoms. The van der Waals surface area contributed by atoms with E-state index in [2.05, 4.69) is 44.8 Å². The van der Waals surface area contributed by atoms with E-state index in [-0.39, 0.29) is 0 Å². The smallest absolute Gasteiger partial charge is 0.137 e. The quantitative estimate of drug-likeness (QED) is 0.479. The minimum Gasteiger partial charge on any atom is -0.492 e. The predicted molar refractivity (Wildman–Crippen MR) is 76.4 cm³/mol. The summed E-state index contributed by atoms with van der Waals surface area (Å²) in [6, 6.07) is 6.14. The minimum absolute atomic E-state index is 0.808. The fourth-order valence-electron chi connectivity index (χ4n) is 1.52. The lowest BCUT2D eigenvalue weighted by atomic mass is 10.2.